The largest absolute Gasteiger partial charge is 0.481 e. The number of anilines is 1. The highest BCUT2D eigenvalue weighted by Crippen LogP contribution is 2.24. The highest BCUT2D eigenvalue weighted by atomic mass is 16.6. The predicted molar refractivity (Wildman–Crippen MR) is 68.5 cm³/mol. The van der Waals surface area contributed by atoms with Gasteiger partial charge < -0.3 is 20.1 Å². The van der Waals surface area contributed by atoms with Crippen molar-refractivity contribution >= 4 is 11.5 Å². The molecule has 1 aliphatic heterocycles. The summed E-state index contributed by atoms with van der Waals surface area (Å²) in [6, 6.07) is 2.95. The van der Waals surface area contributed by atoms with Gasteiger partial charge in [-0.3, -0.25) is 10.1 Å². The summed E-state index contributed by atoms with van der Waals surface area (Å²) < 4.78 is 10.3. The normalized spacial score (nSPS) is 18.9. The van der Waals surface area contributed by atoms with Crippen LogP contribution in [0.4, 0.5) is 11.5 Å². The van der Waals surface area contributed by atoms with Crippen LogP contribution in [0.25, 0.3) is 0 Å². The van der Waals surface area contributed by atoms with E-state index < -0.39 is 4.92 Å². The summed E-state index contributed by atoms with van der Waals surface area (Å²) >= 11 is 0. The van der Waals surface area contributed by atoms with Crippen molar-refractivity contribution in [1.29, 1.82) is 0 Å². The first-order chi connectivity index (χ1) is 9.20. The van der Waals surface area contributed by atoms with E-state index in [0.717, 1.165) is 6.54 Å². The number of nitro groups is 1. The molecule has 19 heavy (non-hydrogen) atoms. The lowest BCUT2D eigenvalue weighted by atomic mass is 10.2. The molecule has 2 N–H and O–H groups in total. The van der Waals surface area contributed by atoms with Gasteiger partial charge in [0.2, 0.25) is 11.7 Å². The van der Waals surface area contributed by atoms with E-state index >= 15 is 0 Å². The van der Waals surface area contributed by atoms with Gasteiger partial charge >= 0.3 is 5.69 Å². The van der Waals surface area contributed by atoms with E-state index in [4.69, 9.17) is 9.47 Å². The Labute approximate surface area is 110 Å². The van der Waals surface area contributed by atoms with E-state index in [-0.39, 0.29) is 17.5 Å². The molecule has 2 heterocycles. The maximum Gasteiger partial charge on any atom is 0.311 e. The zero-order valence-corrected chi connectivity index (χ0v) is 10.6. The maximum absolute atomic E-state index is 10.9. The van der Waals surface area contributed by atoms with Crippen molar-refractivity contribution in [2.75, 3.05) is 38.7 Å². The molecule has 0 aromatic carbocycles. The minimum Gasteiger partial charge on any atom is -0.481 e. The van der Waals surface area contributed by atoms with Crippen molar-refractivity contribution in [3.63, 3.8) is 0 Å². The number of morpholine rings is 1. The van der Waals surface area contributed by atoms with Crippen LogP contribution in [-0.4, -0.2) is 49.4 Å². The number of hydrogen-bond donors (Lipinski definition) is 2. The van der Waals surface area contributed by atoms with Gasteiger partial charge in [-0.15, -0.1) is 0 Å². The first-order valence-corrected chi connectivity index (χ1v) is 5.95. The second-order valence-corrected chi connectivity index (χ2v) is 4.09. The van der Waals surface area contributed by atoms with Gasteiger partial charge in [-0.25, -0.2) is 0 Å². The summed E-state index contributed by atoms with van der Waals surface area (Å²) in [5.41, 5.74) is -0.0717. The summed E-state index contributed by atoms with van der Waals surface area (Å²) in [5, 5.41) is 17.1. The molecule has 104 valence electrons. The predicted octanol–water partition coefficient (Wildman–Crippen LogP) is 0.399. The van der Waals surface area contributed by atoms with Crippen molar-refractivity contribution in [3.05, 3.63) is 22.2 Å². The molecule has 1 unspecified atom stereocenters. The fraction of sp³-hybridized carbons (Fsp3) is 0.545. The average Bonchev–Trinajstić information content (AvgIpc) is 2.45. The van der Waals surface area contributed by atoms with E-state index in [2.05, 4.69) is 15.6 Å². The number of hydrogen-bond acceptors (Lipinski definition) is 7. The van der Waals surface area contributed by atoms with Crippen LogP contribution in [0.15, 0.2) is 12.1 Å². The molecule has 8 nitrogen and oxygen atoms in total. The number of rotatable bonds is 5. The zero-order chi connectivity index (χ0) is 13.7. The van der Waals surface area contributed by atoms with Crippen LogP contribution in [0.1, 0.15) is 0 Å². The first-order valence-electron chi connectivity index (χ1n) is 5.95. The molecule has 0 spiro atoms. The second-order valence-electron chi connectivity index (χ2n) is 4.09. The summed E-state index contributed by atoms with van der Waals surface area (Å²) in [6.07, 6.45) is 0. The Morgan fingerprint density at radius 2 is 2.53 bits per heavy atom. The third-order valence-electron chi connectivity index (χ3n) is 2.77. The molecule has 1 aromatic heterocycles. The van der Waals surface area contributed by atoms with Crippen molar-refractivity contribution in [2.24, 2.45) is 0 Å². The number of ether oxygens (including phenoxy) is 2. The summed E-state index contributed by atoms with van der Waals surface area (Å²) in [6.45, 7) is 2.54. The summed E-state index contributed by atoms with van der Waals surface area (Å²) in [4.78, 5) is 14.5. The molecule has 8 heteroatoms. The standard InChI is InChI=1S/C11H16N4O4/c1-18-10-3-2-9(15(16)17)11(14-10)13-6-8-7-19-5-4-12-8/h2-3,8,12H,4-7H2,1H3,(H,13,14). The third-order valence-corrected chi connectivity index (χ3v) is 2.77. The zero-order valence-electron chi connectivity index (χ0n) is 10.6. The van der Waals surface area contributed by atoms with Gasteiger partial charge in [0.1, 0.15) is 0 Å². The lowest BCUT2D eigenvalue weighted by Crippen LogP contribution is -2.45. The minimum absolute atomic E-state index is 0.0717. The topological polar surface area (TPSA) is 98.6 Å². The molecule has 1 aliphatic rings. The summed E-state index contributed by atoms with van der Waals surface area (Å²) in [5.74, 6) is 0.540. The fourth-order valence-electron chi connectivity index (χ4n) is 1.80. The number of nitrogens with one attached hydrogen (secondary N) is 2. The average molecular weight is 268 g/mol. The Hall–Kier alpha value is -1.93. The van der Waals surface area contributed by atoms with Crippen LogP contribution < -0.4 is 15.4 Å². The third kappa shape index (κ3) is 3.52. The lowest BCUT2D eigenvalue weighted by molar-refractivity contribution is -0.384. The molecule has 0 saturated carbocycles. The maximum atomic E-state index is 10.9. The van der Waals surface area contributed by atoms with Crippen LogP contribution in [0.2, 0.25) is 0 Å². The number of nitrogens with zero attached hydrogens (tertiary/aromatic N) is 2. The van der Waals surface area contributed by atoms with Crippen LogP contribution in [0.3, 0.4) is 0 Å². The molecule has 0 amide bonds. The highest BCUT2D eigenvalue weighted by molar-refractivity contribution is 5.57. The smallest absolute Gasteiger partial charge is 0.311 e. The number of aromatic nitrogens is 1. The second kappa shape index (κ2) is 6.30. The molecule has 0 radical (unpaired) electrons. The van der Waals surface area contributed by atoms with E-state index in [0.29, 0.717) is 25.6 Å². The Kier molecular flexibility index (Phi) is 4.48. The molecule has 1 fully saturated rings. The van der Waals surface area contributed by atoms with Gasteiger partial charge in [0.05, 0.1) is 25.2 Å². The first kappa shape index (κ1) is 13.5. The monoisotopic (exact) mass is 268 g/mol. The SMILES string of the molecule is COc1ccc([N+](=O)[O-])c(NCC2COCCN2)n1. The van der Waals surface area contributed by atoms with Crippen LogP contribution in [0.5, 0.6) is 5.88 Å². The van der Waals surface area contributed by atoms with Gasteiger partial charge in [0.25, 0.3) is 0 Å². The Morgan fingerprint density at radius 1 is 1.68 bits per heavy atom. The molecule has 2 rings (SSSR count). The van der Waals surface area contributed by atoms with Crippen LogP contribution in [0, 0.1) is 10.1 Å². The molecular weight excluding hydrogens is 252 g/mol. The lowest BCUT2D eigenvalue weighted by Gasteiger charge is -2.24. The van der Waals surface area contributed by atoms with Gasteiger partial charge in [-0.05, 0) is 0 Å². The van der Waals surface area contributed by atoms with E-state index in [1.165, 1.54) is 19.2 Å². The molecule has 0 bridgehead atoms. The number of methoxy groups -OCH3 is 1. The van der Waals surface area contributed by atoms with E-state index in [9.17, 15) is 10.1 Å². The van der Waals surface area contributed by atoms with Gasteiger partial charge in [-0.2, -0.15) is 4.98 Å². The molecule has 1 aromatic rings. The Bertz CT molecular complexity index is 448. The molecule has 0 aliphatic carbocycles. The van der Waals surface area contributed by atoms with E-state index in [1.54, 1.807) is 0 Å². The summed E-state index contributed by atoms with van der Waals surface area (Å²) in [7, 11) is 1.47. The van der Waals surface area contributed by atoms with Gasteiger partial charge in [0, 0.05) is 31.3 Å². The molecular formula is C11H16N4O4. The van der Waals surface area contributed by atoms with Crippen LogP contribution in [-0.2, 0) is 4.74 Å². The molecule has 1 atom stereocenters. The van der Waals surface area contributed by atoms with E-state index in [1.807, 2.05) is 0 Å². The highest BCUT2D eigenvalue weighted by Gasteiger charge is 2.19. The van der Waals surface area contributed by atoms with Crippen molar-refractivity contribution in [3.8, 4) is 5.88 Å². The van der Waals surface area contributed by atoms with Crippen molar-refractivity contribution < 1.29 is 14.4 Å². The van der Waals surface area contributed by atoms with Gasteiger partial charge in [0.15, 0.2) is 0 Å². The van der Waals surface area contributed by atoms with Crippen LogP contribution >= 0.6 is 0 Å². The number of pyridine rings is 1. The quantitative estimate of drug-likeness (QED) is 0.589. The fourth-order valence-corrected chi connectivity index (χ4v) is 1.80. The molecule has 1 saturated heterocycles. The van der Waals surface area contributed by atoms with Crippen molar-refractivity contribution in [2.45, 2.75) is 6.04 Å². The van der Waals surface area contributed by atoms with Crippen molar-refractivity contribution in [1.82, 2.24) is 10.3 Å². The minimum atomic E-state index is -0.473. The van der Waals surface area contributed by atoms with Gasteiger partial charge in [-0.1, -0.05) is 0 Å². The Morgan fingerprint density at radius 3 is 3.16 bits per heavy atom. The Balaban J connectivity index is 2.06.